The van der Waals surface area contributed by atoms with Crippen LogP contribution in [0.15, 0.2) is 79.3 Å². The van der Waals surface area contributed by atoms with Gasteiger partial charge in [0, 0.05) is 123 Å². The fourth-order valence-electron chi connectivity index (χ4n) is 10.4. The highest BCUT2D eigenvalue weighted by atomic mass is 16.5. The van der Waals surface area contributed by atoms with Crippen molar-refractivity contribution in [3.63, 3.8) is 0 Å². The summed E-state index contributed by atoms with van der Waals surface area (Å²) in [6.45, 7) is 13.8. The van der Waals surface area contributed by atoms with E-state index in [1.807, 2.05) is 83.5 Å². The number of likely N-dealkylation sites (N-methyl/N-ethyl adjacent to an activating group) is 2. The minimum atomic E-state index is -0.380. The molecule has 0 saturated carbocycles. The van der Waals surface area contributed by atoms with E-state index in [0.29, 0.717) is 52.6 Å². The number of fused-ring (bicyclic) bond motifs is 2. The number of piperidine rings is 1. The van der Waals surface area contributed by atoms with Crippen molar-refractivity contribution in [3.05, 3.63) is 124 Å². The molecule has 376 valence electrons. The maximum absolute atomic E-state index is 14.5. The Morgan fingerprint density at radius 1 is 0.789 bits per heavy atom. The minimum absolute atomic E-state index is 0.132. The number of nitrogens with one attached hydrogen (secondary N) is 4. The van der Waals surface area contributed by atoms with E-state index in [9.17, 15) is 9.59 Å². The fourth-order valence-corrected chi connectivity index (χ4v) is 10.4. The monoisotopic (exact) mass is 965 g/mol. The molecule has 5 aromatic rings. The number of methoxy groups -OCH3 is 3. The van der Waals surface area contributed by atoms with Crippen molar-refractivity contribution >= 4 is 35.0 Å². The standard InChI is InChI=1S/C56H72N10O5/c1-35-14-15-45(66-33-46-12-11-13-47(34-66)64(46)7)26-50(35)55(67)60-37(3)39-20-41(23-49(22-39)69-8)43(28-57)30-58-29-42-21-48(65-18-16-62(5)17-19-65)27-51(36(42)2)56(68)61-38(4)40-24-52(44-31-59-63(6)32-44)54(71-10)53(25-40)70-9/h14-15,20-28,30-32,37-38,46-47,57-58H,11-13,16-19,29,33-34H2,1-10H3,(H,60,67)(H,61,68)/b43-30+,57-28?/t37-,38-,46-,47+/m1/s1. The first-order chi connectivity index (χ1) is 34.2. The lowest BCUT2D eigenvalue weighted by Gasteiger charge is -2.49. The summed E-state index contributed by atoms with van der Waals surface area (Å²) in [7, 11) is 11.1. The molecular weight excluding hydrogens is 893 g/mol. The number of amides is 2. The van der Waals surface area contributed by atoms with Crippen molar-refractivity contribution in [2.75, 3.05) is 84.5 Å². The summed E-state index contributed by atoms with van der Waals surface area (Å²) in [6, 6.07) is 20.5. The van der Waals surface area contributed by atoms with Gasteiger partial charge < -0.3 is 50.3 Å². The summed E-state index contributed by atoms with van der Waals surface area (Å²) in [4.78, 5) is 38.1. The zero-order chi connectivity index (χ0) is 50.5. The molecule has 8 rings (SSSR count). The maximum Gasteiger partial charge on any atom is 0.252 e. The van der Waals surface area contributed by atoms with E-state index in [-0.39, 0.29) is 23.9 Å². The molecule has 3 saturated heterocycles. The van der Waals surface area contributed by atoms with Gasteiger partial charge in [-0.25, -0.2) is 0 Å². The Labute approximate surface area is 419 Å². The van der Waals surface area contributed by atoms with Crippen molar-refractivity contribution in [2.45, 2.75) is 77.7 Å². The second kappa shape index (κ2) is 22.1. The van der Waals surface area contributed by atoms with Gasteiger partial charge in [-0.05, 0) is 143 Å². The molecule has 3 aliphatic heterocycles. The summed E-state index contributed by atoms with van der Waals surface area (Å²) >= 11 is 0. The van der Waals surface area contributed by atoms with Crippen LogP contribution < -0.4 is 40.0 Å². The third-order valence-corrected chi connectivity index (χ3v) is 14.9. The van der Waals surface area contributed by atoms with Gasteiger partial charge in [0.05, 0.1) is 39.6 Å². The molecule has 4 atom stereocenters. The number of hydrogen-bond acceptors (Lipinski definition) is 12. The van der Waals surface area contributed by atoms with Crippen molar-refractivity contribution in [1.82, 2.24) is 35.5 Å². The molecule has 3 fully saturated rings. The lowest BCUT2D eigenvalue weighted by molar-refractivity contribution is 0.0929. The van der Waals surface area contributed by atoms with Gasteiger partial charge in [-0.2, -0.15) is 5.10 Å². The molecule has 2 bridgehead atoms. The van der Waals surface area contributed by atoms with E-state index in [0.717, 1.165) is 95.2 Å². The van der Waals surface area contributed by atoms with E-state index in [2.05, 4.69) is 79.0 Å². The number of rotatable bonds is 17. The Bertz CT molecular complexity index is 2760. The lowest BCUT2D eigenvalue weighted by atomic mass is 9.91. The highest BCUT2D eigenvalue weighted by Gasteiger charge is 2.35. The number of allylic oxidation sites excluding steroid dienone is 1. The van der Waals surface area contributed by atoms with E-state index in [4.69, 9.17) is 19.6 Å². The molecule has 4 aromatic carbocycles. The molecular formula is C56H72N10O5. The number of nitrogens with zero attached hydrogens (tertiary/aromatic N) is 6. The molecule has 3 aliphatic rings. The largest absolute Gasteiger partial charge is 0.497 e. The quantitative estimate of drug-likeness (QED) is 0.0673. The molecule has 0 radical (unpaired) electrons. The normalized spacial score (nSPS) is 18.4. The van der Waals surface area contributed by atoms with E-state index in [1.54, 1.807) is 32.2 Å². The number of hydrogen-bond donors (Lipinski definition) is 4. The molecule has 71 heavy (non-hydrogen) atoms. The second-order valence-corrected chi connectivity index (χ2v) is 19.6. The van der Waals surface area contributed by atoms with Gasteiger partial charge in [-0.1, -0.05) is 12.5 Å². The fraction of sp³-hybridized carbons (Fsp3) is 0.429. The van der Waals surface area contributed by atoms with Crippen molar-refractivity contribution in [2.24, 2.45) is 7.05 Å². The van der Waals surface area contributed by atoms with Crippen LogP contribution in [0, 0.1) is 19.3 Å². The zero-order valence-electron chi connectivity index (χ0n) is 43.2. The van der Waals surface area contributed by atoms with E-state index < -0.39 is 0 Å². The topological polar surface area (TPSA) is 153 Å². The first kappa shape index (κ1) is 50.5. The minimum Gasteiger partial charge on any atom is -0.497 e. The number of carbonyl (C=O) groups excluding carboxylic acids is 2. The number of carbonyl (C=O) groups is 2. The molecule has 0 aliphatic carbocycles. The first-order valence-corrected chi connectivity index (χ1v) is 24.8. The highest BCUT2D eigenvalue weighted by molar-refractivity contribution is 6.08. The van der Waals surface area contributed by atoms with Gasteiger partial charge in [-0.15, -0.1) is 0 Å². The SMILES string of the molecule is COc1cc(/C(C=N)=C/NCc2cc(N3CCN(C)CC3)cc(C(=O)N[C@H](C)c3cc(OC)c(OC)c(-c4cnn(C)c4)c3)c2C)cc([C@@H](C)NC(=O)c2cc(N3C[C@H]4CCC[C@@H](C3)N4C)ccc2C)c1. The number of ether oxygens (including phenoxy) is 3. The van der Waals surface area contributed by atoms with E-state index >= 15 is 0 Å². The predicted molar refractivity (Wildman–Crippen MR) is 284 cm³/mol. The Morgan fingerprint density at radius 3 is 2.10 bits per heavy atom. The third kappa shape index (κ3) is 11.2. The smallest absolute Gasteiger partial charge is 0.252 e. The molecule has 15 heteroatoms. The van der Waals surface area contributed by atoms with Crippen molar-refractivity contribution in [3.8, 4) is 28.4 Å². The number of aromatic nitrogens is 2. The van der Waals surface area contributed by atoms with Crippen LogP contribution in [0.3, 0.4) is 0 Å². The number of anilines is 2. The summed E-state index contributed by atoms with van der Waals surface area (Å²) in [5.41, 5.74) is 10.9. The third-order valence-electron chi connectivity index (χ3n) is 14.9. The maximum atomic E-state index is 14.5. The van der Waals surface area contributed by atoms with Crippen LogP contribution in [0.25, 0.3) is 16.7 Å². The number of aryl methyl sites for hydroxylation is 2. The summed E-state index contributed by atoms with van der Waals surface area (Å²) in [6.07, 6.45) is 10.5. The Hall–Kier alpha value is -6.84. The van der Waals surface area contributed by atoms with Gasteiger partial charge in [-0.3, -0.25) is 19.2 Å². The van der Waals surface area contributed by atoms with Crippen LogP contribution in [-0.2, 0) is 13.6 Å². The molecule has 0 spiro atoms. The van der Waals surface area contributed by atoms with Crippen LogP contribution in [0.4, 0.5) is 11.4 Å². The summed E-state index contributed by atoms with van der Waals surface area (Å²) in [5, 5.41) is 22.9. The van der Waals surface area contributed by atoms with Crippen LogP contribution in [-0.4, -0.2) is 124 Å². The average molecular weight is 965 g/mol. The molecule has 2 amide bonds. The van der Waals surface area contributed by atoms with Crippen LogP contribution in [0.5, 0.6) is 17.2 Å². The van der Waals surface area contributed by atoms with Gasteiger partial charge in [0.1, 0.15) is 5.75 Å². The average Bonchev–Trinajstić information content (AvgIpc) is 3.81. The van der Waals surface area contributed by atoms with Crippen LogP contribution in [0.1, 0.15) is 99.3 Å². The Morgan fingerprint density at radius 2 is 1.46 bits per heavy atom. The van der Waals surface area contributed by atoms with Crippen LogP contribution in [0.2, 0.25) is 0 Å². The Balaban J connectivity index is 1.01. The summed E-state index contributed by atoms with van der Waals surface area (Å²) < 4.78 is 19.1. The summed E-state index contributed by atoms with van der Waals surface area (Å²) in [5.74, 6) is 1.45. The van der Waals surface area contributed by atoms with Gasteiger partial charge in [0.15, 0.2) is 11.5 Å². The number of piperazine rings is 2. The predicted octanol–water partition coefficient (Wildman–Crippen LogP) is 7.92. The van der Waals surface area contributed by atoms with Gasteiger partial charge in [0.25, 0.3) is 11.8 Å². The van der Waals surface area contributed by atoms with Gasteiger partial charge >= 0.3 is 0 Å². The van der Waals surface area contributed by atoms with Crippen molar-refractivity contribution < 1.29 is 23.8 Å². The van der Waals surface area contributed by atoms with Crippen molar-refractivity contribution in [1.29, 1.82) is 5.41 Å². The second-order valence-electron chi connectivity index (χ2n) is 19.6. The molecule has 4 heterocycles. The highest BCUT2D eigenvalue weighted by Crippen LogP contribution is 2.41. The Kier molecular flexibility index (Phi) is 15.7. The first-order valence-electron chi connectivity index (χ1n) is 24.8. The van der Waals surface area contributed by atoms with Crippen LogP contribution >= 0.6 is 0 Å². The van der Waals surface area contributed by atoms with E-state index in [1.165, 1.54) is 25.5 Å². The molecule has 4 N–H and O–H groups in total. The van der Waals surface area contributed by atoms with Gasteiger partial charge in [0.2, 0.25) is 0 Å². The molecule has 1 aromatic heterocycles. The molecule has 15 nitrogen and oxygen atoms in total. The zero-order valence-corrected chi connectivity index (χ0v) is 43.2. The number of benzene rings is 4. The lowest BCUT2D eigenvalue weighted by Crippen LogP contribution is -2.59. The molecule has 0 unspecified atom stereocenters.